The number of hydrogen-bond donors (Lipinski definition) is 1. The first-order chi connectivity index (χ1) is 9.13. The molecule has 2 unspecified atom stereocenters. The van der Waals surface area contributed by atoms with Crippen LogP contribution in [0.5, 0.6) is 0 Å². The van der Waals surface area contributed by atoms with Crippen LogP contribution in [-0.4, -0.2) is 11.8 Å². The third-order valence-electron chi connectivity index (χ3n) is 3.87. The number of fused-ring (bicyclic) bond motifs is 1. The summed E-state index contributed by atoms with van der Waals surface area (Å²) in [4.78, 5) is 12.2. The molecule has 0 aliphatic heterocycles. The van der Waals surface area contributed by atoms with Gasteiger partial charge < -0.3 is 5.73 Å². The monoisotopic (exact) mass is 255 g/mol. The number of Topliss-reactive ketones (excluding diaryl/α,β-unsaturated/α-hetero) is 1. The van der Waals surface area contributed by atoms with E-state index in [0.717, 1.165) is 17.4 Å². The highest BCUT2D eigenvalue weighted by Crippen LogP contribution is 2.20. The van der Waals surface area contributed by atoms with Gasteiger partial charge in [-0.3, -0.25) is 4.79 Å². The summed E-state index contributed by atoms with van der Waals surface area (Å²) in [7, 11) is 0. The number of rotatable bonds is 5. The lowest BCUT2D eigenvalue weighted by molar-refractivity contribution is -0.120. The van der Waals surface area contributed by atoms with E-state index in [2.05, 4.69) is 25.1 Å². The Morgan fingerprint density at radius 3 is 2.58 bits per heavy atom. The summed E-state index contributed by atoms with van der Waals surface area (Å²) in [6.45, 7) is 4.10. The van der Waals surface area contributed by atoms with E-state index in [0.29, 0.717) is 6.42 Å². The van der Waals surface area contributed by atoms with Crippen molar-refractivity contribution in [1.82, 2.24) is 0 Å². The summed E-state index contributed by atoms with van der Waals surface area (Å²) in [6, 6.07) is 13.9. The van der Waals surface area contributed by atoms with Crippen LogP contribution >= 0.6 is 0 Å². The molecule has 0 aromatic heterocycles. The fraction of sp³-hybridized carbons (Fsp3) is 0.353. The second-order valence-corrected chi connectivity index (χ2v) is 5.19. The van der Waals surface area contributed by atoms with Gasteiger partial charge in [0.15, 0.2) is 5.78 Å². The van der Waals surface area contributed by atoms with Crippen LogP contribution < -0.4 is 5.73 Å². The lowest BCUT2D eigenvalue weighted by Gasteiger charge is -2.17. The van der Waals surface area contributed by atoms with E-state index in [-0.39, 0.29) is 17.7 Å². The van der Waals surface area contributed by atoms with Gasteiger partial charge in [-0.15, -0.1) is 0 Å². The Morgan fingerprint density at radius 2 is 1.84 bits per heavy atom. The van der Waals surface area contributed by atoms with Crippen molar-refractivity contribution in [2.75, 3.05) is 0 Å². The normalized spacial score (nSPS) is 14.3. The molecule has 0 aliphatic carbocycles. The number of carbonyl (C=O) groups is 1. The van der Waals surface area contributed by atoms with Crippen molar-refractivity contribution in [3.05, 3.63) is 48.0 Å². The topological polar surface area (TPSA) is 43.1 Å². The quantitative estimate of drug-likeness (QED) is 0.890. The van der Waals surface area contributed by atoms with Gasteiger partial charge in [0.25, 0.3) is 0 Å². The van der Waals surface area contributed by atoms with Crippen molar-refractivity contribution in [2.24, 2.45) is 11.7 Å². The predicted molar refractivity (Wildman–Crippen MR) is 80.1 cm³/mol. The summed E-state index contributed by atoms with van der Waals surface area (Å²) in [5.41, 5.74) is 7.08. The largest absolute Gasteiger partial charge is 0.321 e. The number of nitrogens with two attached hydrogens (primary N) is 1. The van der Waals surface area contributed by atoms with E-state index in [1.54, 1.807) is 0 Å². The highest BCUT2D eigenvalue weighted by atomic mass is 16.1. The summed E-state index contributed by atoms with van der Waals surface area (Å²) >= 11 is 0. The van der Waals surface area contributed by atoms with Crippen LogP contribution in [0.1, 0.15) is 25.8 Å². The minimum atomic E-state index is -0.357. The molecule has 0 bridgehead atoms. The highest BCUT2D eigenvalue weighted by molar-refractivity contribution is 5.92. The SMILES string of the molecule is CCC(C)C(N)C(=O)Cc1cccc2ccccc12. The summed E-state index contributed by atoms with van der Waals surface area (Å²) < 4.78 is 0. The summed E-state index contributed by atoms with van der Waals surface area (Å²) in [5, 5.41) is 2.32. The number of benzene rings is 2. The second-order valence-electron chi connectivity index (χ2n) is 5.19. The zero-order valence-corrected chi connectivity index (χ0v) is 11.6. The maximum absolute atomic E-state index is 12.2. The van der Waals surface area contributed by atoms with Gasteiger partial charge in [-0.25, -0.2) is 0 Å². The average Bonchev–Trinajstić information content (AvgIpc) is 2.46. The van der Waals surface area contributed by atoms with Crippen molar-refractivity contribution >= 4 is 16.6 Å². The fourth-order valence-electron chi connectivity index (χ4n) is 2.32. The van der Waals surface area contributed by atoms with Gasteiger partial charge in [0.1, 0.15) is 0 Å². The second kappa shape index (κ2) is 5.98. The average molecular weight is 255 g/mol. The number of hydrogen-bond acceptors (Lipinski definition) is 2. The van der Waals surface area contributed by atoms with Crippen molar-refractivity contribution < 1.29 is 4.79 Å². The molecule has 0 saturated heterocycles. The zero-order chi connectivity index (χ0) is 13.8. The van der Waals surface area contributed by atoms with Crippen LogP contribution in [0.25, 0.3) is 10.8 Å². The molecule has 19 heavy (non-hydrogen) atoms. The van der Waals surface area contributed by atoms with Crippen molar-refractivity contribution in [2.45, 2.75) is 32.7 Å². The molecule has 100 valence electrons. The molecule has 0 spiro atoms. The van der Waals surface area contributed by atoms with E-state index in [9.17, 15) is 4.79 Å². The molecule has 0 heterocycles. The van der Waals surface area contributed by atoms with Gasteiger partial charge in [0, 0.05) is 6.42 Å². The van der Waals surface area contributed by atoms with Crippen LogP contribution in [-0.2, 0) is 11.2 Å². The molecule has 0 radical (unpaired) electrons. The maximum Gasteiger partial charge on any atom is 0.154 e. The van der Waals surface area contributed by atoms with E-state index in [4.69, 9.17) is 5.73 Å². The first kappa shape index (κ1) is 13.8. The summed E-state index contributed by atoms with van der Waals surface area (Å²) in [6.07, 6.45) is 1.36. The molecule has 2 heteroatoms. The van der Waals surface area contributed by atoms with Crippen LogP contribution in [0.2, 0.25) is 0 Å². The Kier molecular flexibility index (Phi) is 4.33. The van der Waals surface area contributed by atoms with E-state index in [1.165, 1.54) is 5.39 Å². The minimum absolute atomic E-state index is 0.130. The van der Waals surface area contributed by atoms with Crippen LogP contribution in [0, 0.1) is 5.92 Å². The first-order valence-electron chi connectivity index (χ1n) is 6.88. The molecule has 2 rings (SSSR count). The predicted octanol–water partition coefficient (Wildman–Crippen LogP) is 3.32. The molecule has 0 saturated carbocycles. The lowest BCUT2D eigenvalue weighted by atomic mass is 9.91. The third kappa shape index (κ3) is 3.02. The van der Waals surface area contributed by atoms with Gasteiger partial charge in [-0.05, 0) is 22.3 Å². The fourth-order valence-corrected chi connectivity index (χ4v) is 2.32. The molecular weight excluding hydrogens is 234 g/mol. The highest BCUT2D eigenvalue weighted by Gasteiger charge is 2.19. The van der Waals surface area contributed by atoms with Gasteiger partial charge >= 0.3 is 0 Å². The molecule has 2 atom stereocenters. The molecule has 0 aliphatic rings. The van der Waals surface area contributed by atoms with E-state index >= 15 is 0 Å². The molecule has 2 aromatic carbocycles. The smallest absolute Gasteiger partial charge is 0.154 e. The Labute approximate surface area is 114 Å². The van der Waals surface area contributed by atoms with Crippen molar-refractivity contribution in [3.8, 4) is 0 Å². The molecule has 2 nitrogen and oxygen atoms in total. The van der Waals surface area contributed by atoms with Gasteiger partial charge in [0.05, 0.1) is 6.04 Å². The van der Waals surface area contributed by atoms with Crippen molar-refractivity contribution in [1.29, 1.82) is 0 Å². The van der Waals surface area contributed by atoms with E-state index < -0.39 is 0 Å². The molecular formula is C17H21NO. The van der Waals surface area contributed by atoms with Crippen LogP contribution in [0.3, 0.4) is 0 Å². The van der Waals surface area contributed by atoms with Crippen LogP contribution in [0.15, 0.2) is 42.5 Å². The Bertz CT molecular complexity index is 571. The molecule has 2 aromatic rings. The van der Waals surface area contributed by atoms with Crippen LogP contribution in [0.4, 0.5) is 0 Å². The standard InChI is InChI=1S/C17H21NO/c1-3-12(2)17(18)16(19)11-14-9-6-8-13-7-4-5-10-15(13)14/h4-10,12,17H,3,11,18H2,1-2H3. The molecule has 0 fully saturated rings. The molecule has 2 N–H and O–H groups in total. The first-order valence-corrected chi connectivity index (χ1v) is 6.88. The van der Waals surface area contributed by atoms with Gasteiger partial charge in [0.2, 0.25) is 0 Å². The van der Waals surface area contributed by atoms with Gasteiger partial charge in [-0.2, -0.15) is 0 Å². The Hall–Kier alpha value is -1.67. The Morgan fingerprint density at radius 1 is 1.16 bits per heavy atom. The minimum Gasteiger partial charge on any atom is -0.321 e. The molecule has 0 amide bonds. The summed E-state index contributed by atoms with van der Waals surface area (Å²) in [5.74, 6) is 0.369. The Balaban J connectivity index is 2.24. The zero-order valence-electron chi connectivity index (χ0n) is 11.6. The lowest BCUT2D eigenvalue weighted by Crippen LogP contribution is -2.37. The van der Waals surface area contributed by atoms with E-state index in [1.807, 2.05) is 31.2 Å². The third-order valence-corrected chi connectivity index (χ3v) is 3.87. The number of carbonyl (C=O) groups excluding carboxylic acids is 1. The maximum atomic E-state index is 12.2. The van der Waals surface area contributed by atoms with Crippen molar-refractivity contribution in [3.63, 3.8) is 0 Å². The van der Waals surface area contributed by atoms with Gasteiger partial charge in [-0.1, -0.05) is 62.7 Å². The number of ketones is 1.